The van der Waals surface area contributed by atoms with Gasteiger partial charge in [-0.2, -0.15) is 0 Å². The minimum atomic E-state index is -0.0581. The second-order valence-corrected chi connectivity index (χ2v) is 4.51. The normalized spacial score (nSPS) is 10.9. The Morgan fingerprint density at radius 1 is 1.26 bits per heavy atom. The summed E-state index contributed by atoms with van der Waals surface area (Å²) in [6, 6.07) is 11.2. The number of benzene rings is 2. The highest BCUT2D eigenvalue weighted by Gasteiger charge is 2.07. The number of aliphatic imine (C=N–C) groups is 1. The van der Waals surface area contributed by atoms with Crippen LogP contribution in [0.3, 0.4) is 0 Å². The van der Waals surface area contributed by atoms with E-state index in [4.69, 9.17) is 16.3 Å². The van der Waals surface area contributed by atoms with Gasteiger partial charge >= 0.3 is 0 Å². The first-order valence-electron chi connectivity index (χ1n) is 5.78. The third-order valence-electron chi connectivity index (χ3n) is 2.74. The molecule has 0 radical (unpaired) electrons. The molecule has 0 amide bonds. The van der Waals surface area contributed by atoms with Crippen LogP contribution in [-0.4, -0.2) is 18.4 Å². The van der Waals surface area contributed by atoms with Crippen molar-refractivity contribution < 1.29 is 9.84 Å². The van der Waals surface area contributed by atoms with Gasteiger partial charge in [0.05, 0.1) is 17.8 Å². The quantitative estimate of drug-likeness (QED) is 0.857. The molecule has 2 aromatic rings. The van der Waals surface area contributed by atoms with E-state index in [2.05, 4.69) is 4.99 Å². The van der Waals surface area contributed by atoms with Crippen LogP contribution in [0, 0.1) is 6.92 Å². The van der Waals surface area contributed by atoms with Crippen LogP contribution in [0.15, 0.2) is 41.4 Å². The van der Waals surface area contributed by atoms with Gasteiger partial charge in [-0.05, 0) is 36.2 Å². The Hall–Kier alpha value is -2.00. The predicted molar refractivity (Wildman–Crippen MR) is 78.1 cm³/mol. The van der Waals surface area contributed by atoms with Gasteiger partial charge in [0.1, 0.15) is 0 Å². The summed E-state index contributed by atoms with van der Waals surface area (Å²) in [7, 11) is 1.48. The zero-order chi connectivity index (χ0) is 13.8. The number of phenolic OH excluding ortho intramolecular Hbond substituents is 1. The fraction of sp³-hybridized carbons (Fsp3) is 0.133. The molecule has 0 bridgehead atoms. The van der Waals surface area contributed by atoms with Crippen molar-refractivity contribution in [3.05, 3.63) is 52.5 Å². The van der Waals surface area contributed by atoms with E-state index < -0.39 is 0 Å². The number of phenols is 1. The maximum Gasteiger partial charge on any atom is 0.176 e. The lowest BCUT2D eigenvalue weighted by Crippen LogP contribution is -1.88. The van der Waals surface area contributed by atoms with Crippen molar-refractivity contribution in [3.63, 3.8) is 0 Å². The minimum absolute atomic E-state index is 0.0581. The average molecular weight is 276 g/mol. The molecule has 19 heavy (non-hydrogen) atoms. The molecule has 2 aromatic carbocycles. The molecule has 0 spiro atoms. The van der Waals surface area contributed by atoms with Crippen LogP contribution in [0.1, 0.15) is 11.1 Å². The molecule has 0 aliphatic heterocycles. The smallest absolute Gasteiger partial charge is 0.176 e. The largest absolute Gasteiger partial charge is 0.503 e. The van der Waals surface area contributed by atoms with Gasteiger partial charge in [-0.3, -0.25) is 4.99 Å². The molecular formula is C15H14ClNO2. The summed E-state index contributed by atoms with van der Waals surface area (Å²) in [5, 5.41) is 9.89. The molecule has 0 heterocycles. The van der Waals surface area contributed by atoms with Gasteiger partial charge in [-0.15, -0.1) is 0 Å². The van der Waals surface area contributed by atoms with Crippen molar-refractivity contribution >= 4 is 23.5 Å². The van der Waals surface area contributed by atoms with E-state index in [0.29, 0.717) is 5.75 Å². The van der Waals surface area contributed by atoms with Crippen LogP contribution in [-0.2, 0) is 0 Å². The van der Waals surface area contributed by atoms with Gasteiger partial charge in [-0.25, -0.2) is 0 Å². The van der Waals surface area contributed by atoms with Gasteiger partial charge in [0.2, 0.25) is 0 Å². The van der Waals surface area contributed by atoms with Crippen molar-refractivity contribution in [1.29, 1.82) is 0 Å². The Balaban J connectivity index is 2.34. The number of rotatable bonds is 3. The molecule has 0 saturated carbocycles. The molecule has 0 aliphatic rings. The molecule has 4 heteroatoms. The first-order chi connectivity index (χ1) is 9.11. The highest BCUT2D eigenvalue weighted by molar-refractivity contribution is 6.32. The first-order valence-corrected chi connectivity index (χ1v) is 6.16. The van der Waals surface area contributed by atoms with E-state index in [-0.39, 0.29) is 10.8 Å². The highest BCUT2D eigenvalue weighted by Crippen LogP contribution is 2.34. The fourth-order valence-corrected chi connectivity index (χ4v) is 1.90. The fourth-order valence-electron chi connectivity index (χ4n) is 1.68. The standard InChI is InChI=1S/C15H14ClNO2/c1-10-5-3-4-6-13(10)17-9-11-7-12(16)15(18)14(8-11)19-2/h3-9,18H,1-2H3. The molecule has 0 aliphatic carbocycles. The predicted octanol–water partition coefficient (Wildman–Crippen LogP) is 4.11. The lowest BCUT2D eigenvalue weighted by atomic mass is 10.2. The molecule has 98 valence electrons. The Morgan fingerprint density at radius 3 is 2.68 bits per heavy atom. The van der Waals surface area contributed by atoms with Crippen LogP contribution >= 0.6 is 11.6 Å². The summed E-state index contributed by atoms with van der Waals surface area (Å²) < 4.78 is 5.05. The van der Waals surface area contributed by atoms with Gasteiger partial charge in [0, 0.05) is 6.21 Å². The van der Waals surface area contributed by atoms with Crippen LogP contribution in [0.25, 0.3) is 0 Å². The topological polar surface area (TPSA) is 41.8 Å². The SMILES string of the molecule is COc1cc(C=Nc2ccccc2C)cc(Cl)c1O. The number of ether oxygens (including phenoxy) is 1. The summed E-state index contributed by atoms with van der Waals surface area (Å²) in [5.74, 6) is 0.274. The van der Waals surface area contributed by atoms with Crippen molar-refractivity contribution in [2.75, 3.05) is 7.11 Å². The summed E-state index contributed by atoms with van der Waals surface area (Å²) in [5.41, 5.74) is 2.75. The first kappa shape index (κ1) is 13.4. The van der Waals surface area contributed by atoms with Crippen LogP contribution in [0.5, 0.6) is 11.5 Å². The number of para-hydroxylation sites is 1. The van der Waals surface area contributed by atoms with Gasteiger partial charge in [-0.1, -0.05) is 29.8 Å². The van der Waals surface area contributed by atoms with E-state index in [1.54, 1.807) is 18.3 Å². The molecule has 0 atom stereocenters. The van der Waals surface area contributed by atoms with E-state index in [0.717, 1.165) is 16.8 Å². The lowest BCUT2D eigenvalue weighted by molar-refractivity contribution is 0.373. The number of aromatic hydroxyl groups is 1. The van der Waals surface area contributed by atoms with Gasteiger partial charge in [0.25, 0.3) is 0 Å². The van der Waals surface area contributed by atoms with E-state index >= 15 is 0 Å². The average Bonchev–Trinajstić information content (AvgIpc) is 2.41. The molecule has 0 saturated heterocycles. The zero-order valence-electron chi connectivity index (χ0n) is 10.7. The van der Waals surface area contributed by atoms with Crippen LogP contribution < -0.4 is 4.74 Å². The lowest BCUT2D eigenvalue weighted by Gasteiger charge is -2.06. The number of nitrogens with zero attached hydrogens (tertiary/aromatic N) is 1. The maximum atomic E-state index is 9.65. The Morgan fingerprint density at radius 2 is 2.00 bits per heavy atom. The number of methoxy groups -OCH3 is 1. The van der Waals surface area contributed by atoms with Crippen molar-refractivity contribution in [3.8, 4) is 11.5 Å². The number of aryl methyl sites for hydroxylation is 1. The van der Waals surface area contributed by atoms with Gasteiger partial charge in [0.15, 0.2) is 11.5 Å². The second-order valence-electron chi connectivity index (χ2n) is 4.10. The summed E-state index contributed by atoms with van der Waals surface area (Å²) in [6.07, 6.45) is 1.69. The Bertz CT molecular complexity index is 624. The monoisotopic (exact) mass is 275 g/mol. The molecule has 0 unspecified atom stereocenters. The van der Waals surface area contributed by atoms with Gasteiger partial charge < -0.3 is 9.84 Å². The molecule has 0 fully saturated rings. The summed E-state index contributed by atoms with van der Waals surface area (Å²) in [6.45, 7) is 2.00. The number of hydrogen-bond acceptors (Lipinski definition) is 3. The Labute approximate surface area is 117 Å². The van der Waals surface area contributed by atoms with E-state index in [1.807, 2.05) is 31.2 Å². The molecule has 0 aromatic heterocycles. The van der Waals surface area contributed by atoms with E-state index in [9.17, 15) is 5.11 Å². The third-order valence-corrected chi connectivity index (χ3v) is 3.03. The summed E-state index contributed by atoms with van der Waals surface area (Å²) in [4.78, 5) is 4.40. The van der Waals surface area contributed by atoms with Crippen LogP contribution in [0.2, 0.25) is 5.02 Å². The molecular weight excluding hydrogens is 262 g/mol. The number of halogens is 1. The molecule has 2 rings (SSSR count). The van der Waals surface area contributed by atoms with Crippen molar-refractivity contribution in [2.24, 2.45) is 4.99 Å². The third kappa shape index (κ3) is 3.06. The summed E-state index contributed by atoms with van der Waals surface area (Å²) >= 11 is 5.92. The Kier molecular flexibility index (Phi) is 4.07. The molecule has 3 nitrogen and oxygen atoms in total. The van der Waals surface area contributed by atoms with Crippen molar-refractivity contribution in [1.82, 2.24) is 0 Å². The maximum absolute atomic E-state index is 9.65. The zero-order valence-corrected chi connectivity index (χ0v) is 11.5. The van der Waals surface area contributed by atoms with Crippen molar-refractivity contribution in [2.45, 2.75) is 6.92 Å². The highest BCUT2D eigenvalue weighted by atomic mass is 35.5. The minimum Gasteiger partial charge on any atom is -0.503 e. The second kappa shape index (κ2) is 5.76. The van der Waals surface area contributed by atoms with E-state index in [1.165, 1.54) is 7.11 Å². The molecule has 1 N–H and O–H groups in total. The number of hydrogen-bond donors (Lipinski definition) is 1. The van der Waals surface area contributed by atoms with Crippen LogP contribution in [0.4, 0.5) is 5.69 Å².